The molecule has 0 aromatic heterocycles. The van der Waals surface area contributed by atoms with Gasteiger partial charge in [-0.2, -0.15) is 0 Å². The molecule has 0 amide bonds. The highest BCUT2D eigenvalue weighted by molar-refractivity contribution is 5.50. The van der Waals surface area contributed by atoms with E-state index < -0.39 is 0 Å². The molecule has 0 heterocycles. The molecule has 1 aromatic carbocycles. The zero-order valence-corrected chi connectivity index (χ0v) is 14.6. The lowest BCUT2D eigenvalue weighted by Gasteiger charge is -2.25. The first-order chi connectivity index (χ1) is 9.45. The van der Waals surface area contributed by atoms with E-state index in [0.29, 0.717) is 6.04 Å². The van der Waals surface area contributed by atoms with Crippen LogP contribution in [0.15, 0.2) is 0 Å². The Bertz CT molecular complexity index is 417. The third-order valence-electron chi connectivity index (χ3n) is 5.10. The fraction of sp³-hybridized carbons (Fsp3) is 0.684. The van der Waals surface area contributed by atoms with E-state index in [0.717, 1.165) is 0 Å². The summed E-state index contributed by atoms with van der Waals surface area (Å²) in [5.74, 6) is 0. The Balaban J connectivity index is 3.03. The summed E-state index contributed by atoms with van der Waals surface area (Å²) >= 11 is 0. The van der Waals surface area contributed by atoms with Crippen molar-refractivity contribution in [3.63, 3.8) is 0 Å². The Hall–Kier alpha value is -0.820. The summed E-state index contributed by atoms with van der Waals surface area (Å²) in [6, 6.07) is 0.504. The van der Waals surface area contributed by atoms with Crippen LogP contribution >= 0.6 is 0 Å². The minimum Gasteiger partial charge on any atom is -0.313 e. The maximum Gasteiger partial charge on any atom is 0.0322 e. The SMILES string of the molecule is CCCCCCC(NC)c1c(C)c(C)c(C)c(C)c1C. The first-order valence-corrected chi connectivity index (χ1v) is 8.19. The molecule has 1 heteroatoms. The molecule has 20 heavy (non-hydrogen) atoms. The van der Waals surface area contributed by atoms with Crippen molar-refractivity contribution in [1.82, 2.24) is 5.32 Å². The summed E-state index contributed by atoms with van der Waals surface area (Å²) in [7, 11) is 2.11. The van der Waals surface area contributed by atoms with Gasteiger partial charge in [-0.3, -0.25) is 0 Å². The van der Waals surface area contributed by atoms with Gasteiger partial charge in [-0.05, 0) is 81.5 Å². The smallest absolute Gasteiger partial charge is 0.0322 e. The van der Waals surface area contributed by atoms with Gasteiger partial charge in [0.1, 0.15) is 0 Å². The number of unbranched alkanes of at least 4 members (excludes halogenated alkanes) is 3. The third-order valence-corrected chi connectivity index (χ3v) is 5.10. The fourth-order valence-corrected chi connectivity index (χ4v) is 3.26. The number of hydrogen-bond acceptors (Lipinski definition) is 1. The van der Waals surface area contributed by atoms with Crippen LogP contribution in [-0.4, -0.2) is 7.05 Å². The Labute approximate surface area is 126 Å². The molecular formula is C19H33N. The van der Waals surface area contributed by atoms with Crippen molar-refractivity contribution in [2.45, 2.75) is 79.7 Å². The first-order valence-electron chi connectivity index (χ1n) is 8.19. The van der Waals surface area contributed by atoms with Gasteiger partial charge in [0.05, 0.1) is 0 Å². The summed E-state index contributed by atoms with van der Waals surface area (Å²) in [5.41, 5.74) is 8.92. The lowest BCUT2D eigenvalue weighted by atomic mass is 9.85. The molecule has 0 aliphatic rings. The van der Waals surface area contributed by atoms with Crippen molar-refractivity contribution in [1.29, 1.82) is 0 Å². The molecule has 0 saturated carbocycles. The van der Waals surface area contributed by atoms with Crippen molar-refractivity contribution in [2.24, 2.45) is 0 Å². The standard InChI is InChI=1S/C19H33N/c1-8-9-10-11-12-18(20-7)19-16(5)14(3)13(2)15(4)17(19)6/h18,20H,8-12H2,1-7H3. The minimum atomic E-state index is 0.504. The Morgan fingerprint density at radius 3 is 1.70 bits per heavy atom. The second-order valence-corrected chi connectivity index (χ2v) is 6.23. The molecule has 0 saturated heterocycles. The number of benzene rings is 1. The normalized spacial score (nSPS) is 12.8. The van der Waals surface area contributed by atoms with Crippen LogP contribution in [-0.2, 0) is 0 Å². The van der Waals surface area contributed by atoms with E-state index in [2.05, 4.69) is 53.9 Å². The van der Waals surface area contributed by atoms with Crippen LogP contribution < -0.4 is 5.32 Å². The fourth-order valence-electron chi connectivity index (χ4n) is 3.26. The highest BCUT2D eigenvalue weighted by Gasteiger charge is 2.18. The van der Waals surface area contributed by atoms with Crippen LogP contribution in [0.1, 0.15) is 78.5 Å². The summed E-state index contributed by atoms with van der Waals surface area (Å²) in [5, 5.41) is 3.55. The predicted octanol–water partition coefficient (Wildman–Crippen LogP) is 5.46. The van der Waals surface area contributed by atoms with Crippen LogP contribution in [0.5, 0.6) is 0 Å². The molecule has 0 aliphatic carbocycles. The lowest BCUT2D eigenvalue weighted by Crippen LogP contribution is -2.20. The van der Waals surface area contributed by atoms with Crippen LogP contribution in [0.25, 0.3) is 0 Å². The van der Waals surface area contributed by atoms with Crippen LogP contribution in [0.4, 0.5) is 0 Å². The Morgan fingerprint density at radius 1 is 0.750 bits per heavy atom. The molecule has 1 nitrogen and oxygen atoms in total. The van der Waals surface area contributed by atoms with Crippen molar-refractivity contribution in [3.05, 3.63) is 33.4 Å². The molecular weight excluding hydrogens is 242 g/mol. The topological polar surface area (TPSA) is 12.0 Å². The van der Waals surface area contributed by atoms with Gasteiger partial charge in [-0.1, -0.05) is 32.6 Å². The molecule has 0 fully saturated rings. The van der Waals surface area contributed by atoms with E-state index in [1.165, 1.54) is 59.9 Å². The zero-order chi connectivity index (χ0) is 15.3. The first kappa shape index (κ1) is 17.2. The molecule has 0 spiro atoms. The van der Waals surface area contributed by atoms with Crippen molar-refractivity contribution >= 4 is 0 Å². The molecule has 1 rings (SSSR count). The number of rotatable bonds is 7. The quantitative estimate of drug-likeness (QED) is 0.652. The molecule has 114 valence electrons. The van der Waals surface area contributed by atoms with E-state index in [4.69, 9.17) is 0 Å². The average Bonchev–Trinajstić information content (AvgIpc) is 2.45. The molecule has 0 bridgehead atoms. The maximum absolute atomic E-state index is 3.55. The monoisotopic (exact) mass is 275 g/mol. The van der Waals surface area contributed by atoms with Crippen molar-refractivity contribution in [2.75, 3.05) is 7.05 Å². The van der Waals surface area contributed by atoms with Crippen molar-refractivity contribution < 1.29 is 0 Å². The Morgan fingerprint density at radius 2 is 1.25 bits per heavy atom. The lowest BCUT2D eigenvalue weighted by molar-refractivity contribution is 0.501. The number of nitrogens with one attached hydrogen (secondary N) is 1. The van der Waals surface area contributed by atoms with Gasteiger partial charge in [0.2, 0.25) is 0 Å². The van der Waals surface area contributed by atoms with Gasteiger partial charge in [0.15, 0.2) is 0 Å². The van der Waals surface area contributed by atoms with Crippen LogP contribution in [0.2, 0.25) is 0 Å². The van der Waals surface area contributed by atoms with Crippen LogP contribution in [0, 0.1) is 34.6 Å². The second kappa shape index (κ2) is 7.83. The molecule has 1 N–H and O–H groups in total. The summed E-state index contributed by atoms with van der Waals surface area (Å²) < 4.78 is 0. The van der Waals surface area contributed by atoms with Gasteiger partial charge in [-0.15, -0.1) is 0 Å². The largest absolute Gasteiger partial charge is 0.313 e. The van der Waals surface area contributed by atoms with E-state index in [1.807, 2.05) is 0 Å². The third kappa shape index (κ3) is 3.63. The van der Waals surface area contributed by atoms with Gasteiger partial charge in [0, 0.05) is 6.04 Å². The van der Waals surface area contributed by atoms with Crippen LogP contribution in [0.3, 0.4) is 0 Å². The minimum absolute atomic E-state index is 0.504. The van der Waals surface area contributed by atoms with Gasteiger partial charge in [-0.25, -0.2) is 0 Å². The summed E-state index contributed by atoms with van der Waals surface area (Å²) in [6.07, 6.45) is 6.60. The van der Waals surface area contributed by atoms with Gasteiger partial charge in [0.25, 0.3) is 0 Å². The zero-order valence-electron chi connectivity index (χ0n) is 14.6. The maximum atomic E-state index is 3.55. The highest BCUT2D eigenvalue weighted by atomic mass is 14.9. The van der Waals surface area contributed by atoms with E-state index >= 15 is 0 Å². The molecule has 0 radical (unpaired) electrons. The van der Waals surface area contributed by atoms with Crippen molar-refractivity contribution in [3.8, 4) is 0 Å². The summed E-state index contributed by atoms with van der Waals surface area (Å²) in [6.45, 7) is 13.6. The Kier molecular flexibility index (Phi) is 6.75. The van der Waals surface area contributed by atoms with Gasteiger partial charge < -0.3 is 5.32 Å². The molecule has 0 aliphatic heterocycles. The van der Waals surface area contributed by atoms with E-state index in [-0.39, 0.29) is 0 Å². The molecule has 1 atom stereocenters. The van der Waals surface area contributed by atoms with E-state index in [1.54, 1.807) is 5.56 Å². The average molecular weight is 275 g/mol. The van der Waals surface area contributed by atoms with Gasteiger partial charge >= 0.3 is 0 Å². The predicted molar refractivity (Wildman–Crippen MR) is 90.7 cm³/mol. The van der Waals surface area contributed by atoms with E-state index in [9.17, 15) is 0 Å². The molecule has 1 aromatic rings. The highest BCUT2D eigenvalue weighted by Crippen LogP contribution is 2.32. The molecule has 1 unspecified atom stereocenters. The summed E-state index contributed by atoms with van der Waals surface area (Å²) in [4.78, 5) is 0. The number of hydrogen-bond donors (Lipinski definition) is 1. The second-order valence-electron chi connectivity index (χ2n) is 6.23.